The van der Waals surface area contributed by atoms with Gasteiger partial charge in [-0.1, -0.05) is 70.1 Å². The van der Waals surface area contributed by atoms with Crippen molar-refractivity contribution < 1.29 is 8.68 Å². The topological polar surface area (TPSA) is 21.2 Å². The Labute approximate surface area is 199 Å². The Balaban J connectivity index is 2.07. The van der Waals surface area contributed by atoms with Gasteiger partial charge in [0.05, 0.1) is 23.3 Å². The molecule has 1 aliphatic heterocycles. The summed E-state index contributed by atoms with van der Waals surface area (Å²) in [5.41, 5.74) is 8.54. The van der Waals surface area contributed by atoms with Gasteiger partial charge in [-0.05, 0) is 37.5 Å². The van der Waals surface area contributed by atoms with E-state index in [1.165, 1.54) is 5.56 Å². The van der Waals surface area contributed by atoms with Crippen molar-refractivity contribution in [3.05, 3.63) is 76.6 Å². The zero-order valence-corrected chi connectivity index (χ0v) is 20.5. The Morgan fingerprint density at radius 2 is 1.64 bits per heavy atom. The SMILES string of the molecule is [2H]C([2H])([2H])C1(C)c2c(-c3ccccc3)[n+](C)c3c4c(C)c(C)cnc4c4c(C)ccc(c4n23)C1(C)C. The number of hydrogen-bond donors (Lipinski definition) is 0. The van der Waals surface area contributed by atoms with Crippen LogP contribution in [-0.2, 0) is 17.9 Å². The molecule has 6 rings (SSSR count). The van der Waals surface area contributed by atoms with Crippen molar-refractivity contribution in [2.75, 3.05) is 0 Å². The first-order valence-electron chi connectivity index (χ1n) is 13.2. The van der Waals surface area contributed by atoms with Crippen LogP contribution in [0.4, 0.5) is 0 Å². The molecule has 0 N–H and O–H groups in total. The number of benzene rings is 2. The number of fused-ring (bicyclic) bond motifs is 3. The minimum atomic E-state index is -2.24. The van der Waals surface area contributed by atoms with Gasteiger partial charge in [-0.3, -0.25) is 4.98 Å². The van der Waals surface area contributed by atoms with Crippen molar-refractivity contribution in [2.24, 2.45) is 7.05 Å². The fourth-order valence-electron chi connectivity index (χ4n) is 5.96. The molecule has 1 unspecified atom stereocenters. The molecule has 1 atom stereocenters. The van der Waals surface area contributed by atoms with E-state index in [1.54, 1.807) is 0 Å². The molecule has 0 aliphatic carbocycles. The first-order valence-corrected chi connectivity index (χ1v) is 11.7. The molecular formula is C30H32N3+. The highest BCUT2D eigenvalue weighted by atomic mass is 15.1. The van der Waals surface area contributed by atoms with Crippen LogP contribution in [0.5, 0.6) is 0 Å². The third kappa shape index (κ3) is 2.25. The highest BCUT2D eigenvalue weighted by molar-refractivity contribution is 6.13. The Kier molecular flexibility index (Phi) is 3.26. The largest absolute Gasteiger partial charge is 0.297 e. The molecule has 0 radical (unpaired) electrons. The Morgan fingerprint density at radius 3 is 2.33 bits per heavy atom. The van der Waals surface area contributed by atoms with E-state index in [9.17, 15) is 0 Å². The molecule has 3 heteroatoms. The summed E-state index contributed by atoms with van der Waals surface area (Å²) in [6, 6.07) is 14.5. The predicted octanol–water partition coefficient (Wildman–Crippen LogP) is 6.63. The Morgan fingerprint density at radius 1 is 0.909 bits per heavy atom. The van der Waals surface area contributed by atoms with E-state index in [2.05, 4.69) is 74.9 Å². The van der Waals surface area contributed by atoms with E-state index in [4.69, 9.17) is 9.10 Å². The van der Waals surface area contributed by atoms with Crippen LogP contribution in [0, 0.1) is 20.8 Å². The average molecular weight is 438 g/mol. The Bertz CT molecular complexity index is 1740. The van der Waals surface area contributed by atoms with E-state index in [-0.39, 0.29) is 0 Å². The molecule has 166 valence electrons. The van der Waals surface area contributed by atoms with Crippen molar-refractivity contribution in [1.82, 2.24) is 9.38 Å². The van der Waals surface area contributed by atoms with E-state index in [0.29, 0.717) is 0 Å². The number of aryl methyl sites for hydroxylation is 4. The van der Waals surface area contributed by atoms with Crippen molar-refractivity contribution in [3.63, 3.8) is 0 Å². The normalized spacial score (nSPS) is 21.0. The monoisotopic (exact) mass is 437 g/mol. The minimum Gasteiger partial charge on any atom is -0.255 e. The standard InChI is InChI=1S/C30H32N3/c1-17-14-15-21-26-22(17)24-23(19(3)18(2)16-31-24)28-32(8)25(20-12-10-9-11-13-20)27(33(26)28)30(6,7)29(21,4)5/h9-16H,1-8H3/q+1/i6D3. The van der Waals surface area contributed by atoms with Crippen LogP contribution in [-0.4, -0.2) is 9.38 Å². The van der Waals surface area contributed by atoms with Gasteiger partial charge in [-0.2, -0.15) is 4.40 Å². The van der Waals surface area contributed by atoms with E-state index < -0.39 is 17.7 Å². The van der Waals surface area contributed by atoms with Gasteiger partial charge in [0.15, 0.2) is 11.4 Å². The molecule has 0 bridgehead atoms. The van der Waals surface area contributed by atoms with Crippen molar-refractivity contribution >= 4 is 27.5 Å². The van der Waals surface area contributed by atoms with Crippen LogP contribution in [0.2, 0.25) is 0 Å². The quantitative estimate of drug-likeness (QED) is 0.213. The highest BCUT2D eigenvalue weighted by Crippen LogP contribution is 2.53. The summed E-state index contributed by atoms with van der Waals surface area (Å²) in [4.78, 5) is 4.99. The fraction of sp³-hybridized carbons (Fsp3) is 0.333. The summed E-state index contributed by atoms with van der Waals surface area (Å²) in [5, 5.41) is 2.19. The number of aromatic nitrogens is 3. The lowest BCUT2D eigenvalue weighted by molar-refractivity contribution is -0.632. The second-order valence-electron chi connectivity index (χ2n) is 10.5. The summed E-state index contributed by atoms with van der Waals surface area (Å²) < 4.78 is 31.2. The minimum absolute atomic E-state index is 0.671. The first kappa shape index (κ1) is 17.3. The van der Waals surface area contributed by atoms with Gasteiger partial charge < -0.3 is 0 Å². The maximum Gasteiger partial charge on any atom is 0.297 e. The number of hydrogen-bond acceptors (Lipinski definition) is 1. The number of pyridine rings is 2. The van der Waals surface area contributed by atoms with Crippen LogP contribution in [0.25, 0.3) is 38.7 Å². The molecule has 5 aromatic rings. The van der Waals surface area contributed by atoms with Crippen LogP contribution < -0.4 is 4.57 Å². The second-order valence-corrected chi connectivity index (χ2v) is 10.5. The molecule has 0 spiro atoms. The summed E-state index contributed by atoms with van der Waals surface area (Å²) in [7, 11) is 2.07. The zero-order valence-electron chi connectivity index (χ0n) is 23.5. The van der Waals surface area contributed by atoms with Gasteiger partial charge in [0.2, 0.25) is 0 Å². The molecule has 1 aliphatic rings. The van der Waals surface area contributed by atoms with Crippen LogP contribution in [0.1, 0.15) is 59.7 Å². The van der Waals surface area contributed by atoms with Crippen molar-refractivity contribution in [3.8, 4) is 11.3 Å². The molecule has 0 saturated heterocycles. The molecule has 3 aromatic heterocycles. The smallest absolute Gasteiger partial charge is 0.255 e. The van der Waals surface area contributed by atoms with Crippen LogP contribution >= 0.6 is 0 Å². The van der Waals surface area contributed by atoms with E-state index in [0.717, 1.165) is 61.1 Å². The molecule has 0 amide bonds. The lowest BCUT2D eigenvalue weighted by Gasteiger charge is -2.43. The molecule has 2 aromatic carbocycles. The number of nitrogens with zero attached hydrogens (tertiary/aromatic N) is 3. The van der Waals surface area contributed by atoms with Gasteiger partial charge >= 0.3 is 0 Å². The van der Waals surface area contributed by atoms with Gasteiger partial charge in [0, 0.05) is 32.3 Å². The van der Waals surface area contributed by atoms with Gasteiger partial charge in [-0.25, -0.2) is 4.57 Å². The van der Waals surface area contributed by atoms with E-state index in [1.807, 2.05) is 31.3 Å². The first-order chi connectivity index (χ1) is 16.8. The maximum absolute atomic E-state index is 8.92. The lowest BCUT2D eigenvalue weighted by atomic mass is 9.60. The maximum atomic E-state index is 8.92. The molecule has 3 nitrogen and oxygen atoms in total. The average Bonchev–Trinajstić information content (AvgIpc) is 3.13. The van der Waals surface area contributed by atoms with Gasteiger partial charge in [-0.15, -0.1) is 0 Å². The highest BCUT2D eigenvalue weighted by Gasteiger charge is 2.52. The second kappa shape index (κ2) is 6.22. The third-order valence-electron chi connectivity index (χ3n) is 8.42. The number of rotatable bonds is 1. The van der Waals surface area contributed by atoms with Crippen LogP contribution in [0.3, 0.4) is 0 Å². The van der Waals surface area contributed by atoms with Gasteiger partial charge in [0.1, 0.15) is 5.52 Å². The van der Waals surface area contributed by atoms with Crippen LogP contribution in [0.15, 0.2) is 48.7 Å². The van der Waals surface area contributed by atoms with Gasteiger partial charge in [0.25, 0.3) is 5.65 Å². The lowest BCUT2D eigenvalue weighted by Crippen LogP contribution is -2.44. The zero-order chi connectivity index (χ0) is 25.9. The van der Waals surface area contributed by atoms with Crippen molar-refractivity contribution in [2.45, 2.75) is 59.2 Å². The Hall–Kier alpha value is -3.20. The predicted molar refractivity (Wildman–Crippen MR) is 137 cm³/mol. The summed E-state index contributed by atoms with van der Waals surface area (Å²) in [5.74, 6) is 0. The molecule has 0 fully saturated rings. The molecular weight excluding hydrogens is 402 g/mol. The molecule has 4 heterocycles. The fourth-order valence-corrected chi connectivity index (χ4v) is 5.96. The summed E-state index contributed by atoms with van der Waals surface area (Å²) in [6.07, 6.45) is 1.96. The summed E-state index contributed by atoms with van der Waals surface area (Å²) in [6.45, 7) is 10.3. The van der Waals surface area contributed by atoms with E-state index >= 15 is 0 Å². The molecule has 33 heavy (non-hydrogen) atoms. The van der Waals surface area contributed by atoms with Crippen molar-refractivity contribution in [1.29, 1.82) is 0 Å². The molecule has 0 saturated carbocycles. The summed E-state index contributed by atoms with van der Waals surface area (Å²) >= 11 is 0. The third-order valence-corrected chi connectivity index (χ3v) is 8.42. The number of imidazole rings is 1.